The zero-order valence-corrected chi connectivity index (χ0v) is 15.4. The van der Waals surface area contributed by atoms with Crippen LogP contribution in [-0.4, -0.2) is 37.7 Å². The molecule has 5 nitrogen and oxygen atoms in total. The first-order chi connectivity index (χ1) is 11.8. The minimum absolute atomic E-state index is 0.0762. The van der Waals surface area contributed by atoms with Crippen LogP contribution in [-0.2, 0) is 16.0 Å². The van der Waals surface area contributed by atoms with Crippen LogP contribution in [0.25, 0.3) is 0 Å². The van der Waals surface area contributed by atoms with Crippen molar-refractivity contribution >= 4 is 23.3 Å². The number of esters is 1. The van der Waals surface area contributed by atoms with Gasteiger partial charge in [0, 0.05) is 30.9 Å². The van der Waals surface area contributed by atoms with Gasteiger partial charge in [-0.3, -0.25) is 9.79 Å². The van der Waals surface area contributed by atoms with Crippen LogP contribution in [0.5, 0.6) is 0 Å². The molecule has 1 saturated carbocycles. The molecule has 0 amide bonds. The molecule has 0 bridgehead atoms. The zero-order valence-electron chi connectivity index (χ0n) is 14.6. The fraction of sp³-hybridized carbons (Fsp3) is 0.667. The number of aliphatic imine (C=N–C) groups is 1. The number of ether oxygens (including phenoxy) is 1. The van der Waals surface area contributed by atoms with Gasteiger partial charge in [-0.05, 0) is 56.9 Å². The summed E-state index contributed by atoms with van der Waals surface area (Å²) >= 11 is 1.77. The lowest BCUT2D eigenvalue weighted by molar-refractivity contribution is -0.148. The van der Waals surface area contributed by atoms with E-state index in [1.165, 1.54) is 17.7 Å². The highest BCUT2D eigenvalue weighted by molar-refractivity contribution is 7.09. The Balaban J connectivity index is 1.61. The minimum Gasteiger partial charge on any atom is -0.462 e. The fourth-order valence-electron chi connectivity index (χ4n) is 2.77. The van der Waals surface area contributed by atoms with Crippen molar-refractivity contribution in [2.24, 2.45) is 4.99 Å². The Morgan fingerprint density at radius 2 is 2.21 bits per heavy atom. The summed E-state index contributed by atoms with van der Waals surface area (Å²) in [6.07, 6.45) is 6.77. The van der Waals surface area contributed by atoms with Gasteiger partial charge in [-0.15, -0.1) is 11.3 Å². The van der Waals surface area contributed by atoms with E-state index in [0.29, 0.717) is 13.0 Å². The largest absolute Gasteiger partial charge is 0.462 e. The first-order valence-electron chi connectivity index (χ1n) is 9.02. The van der Waals surface area contributed by atoms with E-state index in [-0.39, 0.29) is 12.1 Å². The SMILES string of the molecule is CCNC(=NCCCC(=O)OC1CCCC1)NCCc1cccs1. The third-order valence-electron chi connectivity index (χ3n) is 4.00. The van der Waals surface area contributed by atoms with Crippen molar-refractivity contribution in [3.63, 3.8) is 0 Å². The van der Waals surface area contributed by atoms with Gasteiger partial charge in [-0.2, -0.15) is 0 Å². The lowest BCUT2D eigenvalue weighted by atomic mass is 10.3. The minimum atomic E-state index is -0.0762. The maximum atomic E-state index is 11.8. The lowest BCUT2D eigenvalue weighted by Gasteiger charge is -2.12. The first-order valence-corrected chi connectivity index (χ1v) is 9.90. The van der Waals surface area contributed by atoms with Gasteiger partial charge in [0.15, 0.2) is 5.96 Å². The predicted molar refractivity (Wildman–Crippen MR) is 99.6 cm³/mol. The average molecular weight is 352 g/mol. The van der Waals surface area contributed by atoms with Gasteiger partial charge < -0.3 is 15.4 Å². The van der Waals surface area contributed by atoms with E-state index in [1.807, 2.05) is 0 Å². The molecule has 24 heavy (non-hydrogen) atoms. The summed E-state index contributed by atoms with van der Waals surface area (Å²) in [4.78, 5) is 17.7. The van der Waals surface area contributed by atoms with Gasteiger partial charge in [0.05, 0.1) is 0 Å². The molecule has 1 fully saturated rings. The van der Waals surface area contributed by atoms with E-state index < -0.39 is 0 Å². The van der Waals surface area contributed by atoms with Crippen LogP contribution in [0.3, 0.4) is 0 Å². The Kier molecular flexibility index (Phi) is 8.66. The van der Waals surface area contributed by atoms with Crippen LogP contribution >= 0.6 is 11.3 Å². The van der Waals surface area contributed by atoms with Crippen molar-refractivity contribution in [1.82, 2.24) is 10.6 Å². The van der Waals surface area contributed by atoms with E-state index in [2.05, 4.69) is 40.1 Å². The van der Waals surface area contributed by atoms with Gasteiger partial charge in [0.25, 0.3) is 0 Å². The van der Waals surface area contributed by atoms with Crippen LogP contribution in [0.2, 0.25) is 0 Å². The number of rotatable bonds is 9. The summed E-state index contributed by atoms with van der Waals surface area (Å²) in [6, 6.07) is 4.22. The number of thiophene rings is 1. The Bertz CT molecular complexity index is 496. The fourth-order valence-corrected chi connectivity index (χ4v) is 3.47. The van der Waals surface area contributed by atoms with E-state index in [4.69, 9.17) is 4.74 Å². The third-order valence-corrected chi connectivity index (χ3v) is 4.93. The molecule has 2 N–H and O–H groups in total. The standard InChI is InChI=1S/C18H29N3O2S/c1-2-19-18(21-13-11-16-9-6-14-24-16)20-12-5-10-17(22)23-15-7-3-4-8-15/h6,9,14-15H,2-5,7-8,10-13H2,1H3,(H2,19,20,21). The lowest BCUT2D eigenvalue weighted by Crippen LogP contribution is -2.38. The van der Waals surface area contributed by atoms with Crippen molar-refractivity contribution in [3.8, 4) is 0 Å². The topological polar surface area (TPSA) is 62.7 Å². The maximum Gasteiger partial charge on any atom is 0.306 e. The highest BCUT2D eigenvalue weighted by Crippen LogP contribution is 2.21. The average Bonchev–Trinajstić information content (AvgIpc) is 3.25. The Morgan fingerprint density at radius 3 is 2.92 bits per heavy atom. The van der Waals surface area contributed by atoms with Gasteiger partial charge in [-0.1, -0.05) is 6.07 Å². The van der Waals surface area contributed by atoms with Crippen LogP contribution in [0, 0.1) is 0 Å². The van der Waals surface area contributed by atoms with Crippen molar-refractivity contribution in [2.45, 2.75) is 58.0 Å². The van der Waals surface area contributed by atoms with Crippen LogP contribution in [0.4, 0.5) is 0 Å². The molecule has 0 unspecified atom stereocenters. The number of hydrogen-bond acceptors (Lipinski definition) is 4. The third kappa shape index (κ3) is 7.34. The second-order valence-electron chi connectivity index (χ2n) is 6.02. The van der Waals surface area contributed by atoms with Gasteiger partial charge in [-0.25, -0.2) is 0 Å². The van der Waals surface area contributed by atoms with Crippen LogP contribution in [0.1, 0.15) is 50.3 Å². The quantitative estimate of drug-likeness (QED) is 0.311. The Labute approximate surface area is 148 Å². The van der Waals surface area contributed by atoms with Crippen LogP contribution in [0.15, 0.2) is 22.5 Å². The molecular weight excluding hydrogens is 322 g/mol. The number of carbonyl (C=O) groups excluding carboxylic acids is 1. The molecule has 1 aromatic rings. The Hall–Kier alpha value is -1.56. The molecular formula is C18H29N3O2S. The van der Waals surface area contributed by atoms with Crippen LogP contribution < -0.4 is 10.6 Å². The Morgan fingerprint density at radius 1 is 1.38 bits per heavy atom. The summed E-state index contributed by atoms with van der Waals surface area (Å²) in [5, 5.41) is 8.67. The number of nitrogens with zero attached hydrogens (tertiary/aromatic N) is 1. The molecule has 0 aromatic carbocycles. The van der Waals surface area contributed by atoms with E-state index >= 15 is 0 Å². The molecule has 0 atom stereocenters. The molecule has 1 aliphatic rings. The molecule has 2 rings (SSSR count). The van der Waals surface area contributed by atoms with E-state index in [1.54, 1.807) is 11.3 Å². The summed E-state index contributed by atoms with van der Waals surface area (Å²) in [5.74, 6) is 0.742. The van der Waals surface area contributed by atoms with E-state index in [9.17, 15) is 4.79 Å². The summed E-state index contributed by atoms with van der Waals surface area (Å²) in [5.41, 5.74) is 0. The predicted octanol–water partition coefficient (Wildman–Crippen LogP) is 3.11. The summed E-state index contributed by atoms with van der Waals surface area (Å²) in [7, 11) is 0. The van der Waals surface area contributed by atoms with Crippen molar-refractivity contribution in [2.75, 3.05) is 19.6 Å². The van der Waals surface area contributed by atoms with Crippen molar-refractivity contribution in [3.05, 3.63) is 22.4 Å². The number of guanidine groups is 1. The maximum absolute atomic E-state index is 11.8. The number of hydrogen-bond donors (Lipinski definition) is 2. The normalized spacial score (nSPS) is 15.5. The highest BCUT2D eigenvalue weighted by atomic mass is 32.1. The van der Waals surface area contributed by atoms with Crippen molar-refractivity contribution < 1.29 is 9.53 Å². The molecule has 134 valence electrons. The highest BCUT2D eigenvalue weighted by Gasteiger charge is 2.18. The van der Waals surface area contributed by atoms with Crippen molar-refractivity contribution in [1.29, 1.82) is 0 Å². The molecule has 0 radical (unpaired) electrons. The molecule has 1 aromatic heterocycles. The van der Waals surface area contributed by atoms with Gasteiger partial charge >= 0.3 is 5.97 Å². The second-order valence-corrected chi connectivity index (χ2v) is 7.05. The summed E-state index contributed by atoms with van der Waals surface area (Å²) < 4.78 is 5.45. The molecule has 1 heterocycles. The number of nitrogens with one attached hydrogen (secondary N) is 2. The summed E-state index contributed by atoms with van der Waals surface area (Å²) in [6.45, 7) is 4.37. The zero-order chi connectivity index (χ0) is 17.0. The van der Waals surface area contributed by atoms with Gasteiger partial charge in [0.1, 0.15) is 6.10 Å². The smallest absolute Gasteiger partial charge is 0.306 e. The molecule has 6 heteroatoms. The van der Waals surface area contributed by atoms with E-state index in [0.717, 1.165) is 44.7 Å². The second kappa shape index (κ2) is 11.1. The molecule has 0 saturated heterocycles. The molecule has 0 aliphatic heterocycles. The number of carbonyl (C=O) groups is 1. The molecule has 1 aliphatic carbocycles. The first kappa shape index (κ1) is 18.8. The monoisotopic (exact) mass is 351 g/mol. The molecule has 0 spiro atoms. The van der Waals surface area contributed by atoms with Gasteiger partial charge in [0.2, 0.25) is 0 Å².